The van der Waals surface area contributed by atoms with Crippen LogP contribution in [-0.2, 0) is 14.9 Å². The number of unbranched alkanes of at least 4 members (excludes halogenated alkanes) is 30. The summed E-state index contributed by atoms with van der Waals surface area (Å²) in [4.78, 5) is 12.6. The van der Waals surface area contributed by atoms with Gasteiger partial charge in [-0.05, 0) is 57.8 Å². The van der Waals surface area contributed by atoms with E-state index in [1.165, 1.54) is 173 Å². The lowest BCUT2D eigenvalue weighted by Gasteiger charge is -2.22. The van der Waals surface area contributed by atoms with E-state index in [1.54, 1.807) is 6.08 Å². The number of rotatable bonds is 43. The van der Waals surface area contributed by atoms with E-state index in [9.17, 15) is 28.0 Å². The highest BCUT2D eigenvalue weighted by molar-refractivity contribution is 7.85. The summed E-state index contributed by atoms with van der Waals surface area (Å²) in [6, 6.07) is -1.25. The summed E-state index contributed by atoms with van der Waals surface area (Å²) in [6.07, 6.45) is 52.1. The van der Waals surface area contributed by atoms with E-state index in [1.807, 2.05) is 0 Å². The van der Waals surface area contributed by atoms with Gasteiger partial charge in [-0.3, -0.25) is 9.35 Å². The third-order valence-electron chi connectivity index (χ3n) is 10.9. The van der Waals surface area contributed by atoms with Crippen LogP contribution in [0.4, 0.5) is 0 Å². The van der Waals surface area contributed by atoms with E-state index in [0.717, 1.165) is 38.5 Å². The SMILES string of the molecule is CCCCCCCCCCCCC/C=C/CC/C=C/C(O)C(CS(=O)(=O)O)NC(=O)C(O)CCCCCCCC/C=C\CCCCCCCCCCCCCC. The molecule has 0 saturated carbocycles. The minimum atomic E-state index is -4.46. The maximum absolute atomic E-state index is 12.6. The Kier molecular flexibility index (Phi) is 40.6. The number of carbonyl (C=O) groups excluding carboxylic acids is 1. The van der Waals surface area contributed by atoms with E-state index >= 15 is 0 Å². The molecule has 0 fully saturated rings. The molecule has 0 aliphatic carbocycles. The summed E-state index contributed by atoms with van der Waals surface area (Å²) < 4.78 is 32.6. The van der Waals surface area contributed by atoms with Crippen molar-refractivity contribution in [3.63, 3.8) is 0 Å². The van der Waals surface area contributed by atoms with Crippen molar-refractivity contribution in [2.45, 2.75) is 257 Å². The molecule has 56 heavy (non-hydrogen) atoms. The average molecular weight is 810 g/mol. The molecule has 8 heteroatoms. The van der Waals surface area contributed by atoms with Gasteiger partial charge >= 0.3 is 0 Å². The van der Waals surface area contributed by atoms with Crippen molar-refractivity contribution in [2.24, 2.45) is 0 Å². The number of aliphatic hydroxyl groups excluding tert-OH is 2. The lowest BCUT2D eigenvalue weighted by molar-refractivity contribution is -0.130. The van der Waals surface area contributed by atoms with Crippen LogP contribution in [0.2, 0.25) is 0 Å². The Morgan fingerprint density at radius 3 is 1.18 bits per heavy atom. The first kappa shape index (κ1) is 54.5. The standard InChI is InChI=1S/C48H91NO6S/c1-3-5-7-9-11-13-15-17-19-21-22-23-24-25-27-29-31-33-35-37-39-41-43-47(51)48(52)49-45(44-56(53,54)55)46(50)42-40-38-36-34-32-30-28-26-20-18-16-14-12-10-8-6-4-2/h25,27,32,34,40,42,45-47,50-51H,3-24,26,28-31,33,35-39,41,43-44H2,1-2H3,(H,49,52)(H,53,54,55)/b27-25-,34-32+,42-40+. The predicted molar refractivity (Wildman–Crippen MR) is 241 cm³/mol. The number of carbonyl (C=O) groups is 1. The number of hydrogen-bond acceptors (Lipinski definition) is 5. The van der Waals surface area contributed by atoms with Crippen LogP contribution in [0.3, 0.4) is 0 Å². The quantitative estimate of drug-likeness (QED) is 0.0276. The monoisotopic (exact) mass is 810 g/mol. The molecule has 0 radical (unpaired) electrons. The summed E-state index contributed by atoms with van der Waals surface area (Å²) >= 11 is 0. The Balaban J connectivity index is 3.97. The molecule has 0 aromatic heterocycles. The fourth-order valence-electron chi connectivity index (χ4n) is 7.23. The molecule has 0 saturated heterocycles. The van der Waals surface area contributed by atoms with Crippen LogP contribution in [0, 0.1) is 0 Å². The van der Waals surface area contributed by atoms with Gasteiger partial charge < -0.3 is 15.5 Å². The Labute approximate surface area is 347 Å². The third kappa shape index (κ3) is 40.7. The molecule has 0 heterocycles. The Bertz CT molecular complexity index is 1040. The third-order valence-corrected chi connectivity index (χ3v) is 11.7. The molecular formula is C48H91NO6S. The maximum atomic E-state index is 12.6. The second kappa shape index (κ2) is 41.7. The van der Waals surface area contributed by atoms with E-state index < -0.39 is 40.0 Å². The first-order valence-corrected chi connectivity index (χ1v) is 25.4. The zero-order valence-electron chi connectivity index (χ0n) is 36.6. The fourth-order valence-corrected chi connectivity index (χ4v) is 7.97. The fraction of sp³-hybridized carbons (Fsp3) is 0.854. The van der Waals surface area contributed by atoms with Crippen LogP contribution in [0.5, 0.6) is 0 Å². The molecular weight excluding hydrogens is 719 g/mol. The minimum absolute atomic E-state index is 0.268. The summed E-state index contributed by atoms with van der Waals surface area (Å²) in [6.45, 7) is 4.53. The van der Waals surface area contributed by atoms with Gasteiger partial charge in [0.25, 0.3) is 10.1 Å². The van der Waals surface area contributed by atoms with Crippen LogP contribution in [-0.4, -0.2) is 53.1 Å². The zero-order valence-corrected chi connectivity index (χ0v) is 37.4. The predicted octanol–water partition coefficient (Wildman–Crippen LogP) is 13.4. The maximum Gasteiger partial charge on any atom is 0.267 e. The van der Waals surface area contributed by atoms with Crippen LogP contribution < -0.4 is 5.32 Å². The molecule has 330 valence electrons. The van der Waals surface area contributed by atoms with Gasteiger partial charge in [0.05, 0.1) is 17.9 Å². The van der Waals surface area contributed by atoms with Gasteiger partial charge in [-0.25, -0.2) is 0 Å². The van der Waals surface area contributed by atoms with Crippen LogP contribution >= 0.6 is 0 Å². The van der Waals surface area contributed by atoms with Gasteiger partial charge in [0, 0.05) is 0 Å². The molecule has 3 atom stereocenters. The molecule has 7 nitrogen and oxygen atoms in total. The number of nitrogens with one attached hydrogen (secondary N) is 1. The smallest absolute Gasteiger partial charge is 0.267 e. The topological polar surface area (TPSA) is 124 Å². The molecule has 0 aromatic rings. The summed E-state index contributed by atoms with van der Waals surface area (Å²) in [5.41, 5.74) is 0. The van der Waals surface area contributed by atoms with E-state index in [2.05, 4.69) is 43.5 Å². The van der Waals surface area contributed by atoms with Crippen molar-refractivity contribution in [3.05, 3.63) is 36.5 Å². The first-order chi connectivity index (χ1) is 27.2. The van der Waals surface area contributed by atoms with E-state index in [0.29, 0.717) is 12.8 Å². The van der Waals surface area contributed by atoms with Crippen LogP contribution in [0.1, 0.15) is 239 Å². The average Bonchev–Trinajstić information content (AvgIpc) is 3.17. The first-order valence-electron chi connectivity index (χ1n) is 23.8. The highest BCUT2D eigenvalue weighted by Crippen LogP contribution is 2.15. The Hall–Kier alpha value is -1.48. The lowest BCUT2D eigenvalue weighted by atomic mass is 10.0. The largest absolute Gasteiger partial charge is 0.387 e. The zero-order chi connectivity index (χ0) is 41.2. The molecule has 0 aliphatic rings. The van der Waals surface area contributed by atoms with Gasteiger partial charge in [0.15, 0.2) is 0 Å². The number of hydrogen-bond donors (Lipinski definition) is 4. The molecule has 0 bridgehead atoms. The van der Waals surface area contributed by atoms with Crippen molar-refractivity contribution in [1.82, 2.24) is 5.32 Å². The van der Waals surface area contributed by atoms with Gasteiger partial charge in [-0.2, -0.15) is 8.42 Å². The highest BCUT2D eigenvalue weighted by atomic mass is 32.2. The molecule has 0 rings (SSSR count). The van der Waals surface area contributed by atoms with E-state index in [4.69, 9.17) is 0 Å². The van der Waals surface area contributed by atoms with Gasteiger partial charge in [-0.15, -0.1) is 0 Å². The van der Waals surface area contributed by atoms with Crippen molar-refractivity contribution in [1.29, 1.82) is 0 Å². The Morgan fingerprint density at radius 1 is 0.482 bits per heavy atom. The number of aliphatic hydroxyl groups is 2. The van der Waals surface area contributed by atoms with Gasteiger partial charge in [0.2, 0.25) is 5.91 Å². The molecule has 0 spiro atoms. The molecule has 4 N–H and O–H groups in total. The van der Waals surface area contributed by atoms with Crippen LogP contribution in [0.15, 0.2) is 36.5 Å². The minimum Gasteiger partial charge on any atom is -0.387 e. The van der Waals surface area contributed by atoms with Gasteiger partial charge in [-0.1, -0.05) is 217 Å². The summed E-state index contributed by atoms with van der Waals surface area (Å²) in [7, 11) is -4.46. The van der Waals surface area contributed by atoms with Crippen molar-refractivity contribution in [2.75, 3.05) is 5.75 Å². The molecule has 0 aromatic carbocycles. The summed E-state index contributed by atoms with van der Waals surface area (Å²) in [5.74, 6) is -1.56. The normalized spacial score (nSPS) is 14.0. The number of allylic oxidation sites excluding steroid dienone is 5. The second-order valence-electron chi connectivity index (χ2n) is 16.5. The van der Waals surface area contributed by atoms with Gasteiger partial charge in [0.1, 0.15) is 6.10 Å². The van der Waals surface area contributed by atoms with E-state index in [-0.39, 0.29) is 6.42 Å². The Morgan fingerprint density at radius 2 is 0.804 bits per heavy atom. The van der Waals surface area contributed by atoms with Crippen molar-refractivity contribution < 1.29 is 28.0 Å². The van der Waals surface area contributed by atoms with Crippen molar-refractivity contribution >= 4 is 16.0 Å². The molecule has 0 aliphatic heterocycles. The van der Waals surface area contributed by atoms with Crippen LogP contribution in [0.25, 0.3) is 0 Å². The van der Waals surface area contributed by atoms with Crippen molar-refractivity contribution in [3.8, 4) is 0 Å². The molecule has 3 unspecified atom stereocenters. The molecule has 1 amide bonds. The second-order valence-corrected chi connectivity index (χ2v) is 18.0. The lowest BCUT2D eigenvalue weighted by Crippen LogP contribution is -2.50. The number of amides is 1. The summed E-state index contributed by atoms with van der Waals surface area (Å²) in [5, 5.41) is 23.5. The highest BCUT2D eigenvalue weighted by Gasteiger charge is 2.27.